The second kappa shape index (κ2) is 10.4. The Bertz CT molecular complexity index is 1190. The van der Waals surface area contributed by atoms with Crippen LogP contribution in [-0.2, 0) is 22.8 Å². The molecule has 2 aliphatic rings. The van der Waals surface area contributed by atoms with E-state index in [1.165, 1.54) is 17.8 Å². The van der Waals surface area contributed by atoms with Gasteiger partial charge in [-0.3, -0.25) is 4.79 Å². The molecule has 1 unspecified atom stereocenters. The number of hydrogen-bond donors (Lipinski definition) is 0. The Balaban J connectivity index is 1.21. The summed E-state index contributed by atoms with van der Waals surface area (Å²) in [6.07, 6.45) is 6.80. The molecule has 2 aromatic heterocycles. The largest absolute Gasteiger partial charge is 0.445 e. The minimum atomic E-state index is -0.385. The molecule has 1 amide bonds. The Kier molecular flexibility index (Phi) is 7.06. The second-order valence-corrected chi connectivity index (χ2v) is 13.7. The first-order valence-corrected chi connectivity index (χ1v) is 14.7. The van der Waals surface area contributed by atoms with Gasteiger partial charge in [0.05, 0.1) is 6.61 Å². The number of benzene rings is 1. The van der Waals surface area contributed by atoms with Crippen molar-refractivity contribution in [2.45, 2.75) is 26.2 Å². The highest BCUT2D eigenvalue weighted by Crippen LogP contribution is 2.57. The summed E-state index contributed by atoms with van der Waals surface area (Å²) < 4.78 is 13.3. The van der Waals surface area contributed by atoms with E-state index in [1.807, 2.05) is 47.2 Å². The van der Waals surface area contributed by atoms with Crippen molar-refractivity contribution in [3.63, 3.8) is 0 Å². The lowest BCUT2D eigenvalue weighted by Crippen LogP contribution is -2.42. The number of likely N-dealkylation sites (tertiary alicyclic amines) is 1. The summed E-state index contributed by atoms with van der Waals surface area (Å²) >= 11 is 0. The molecular formula is C26H32N4O4S. The molecule has 35 heavy (non-hydrogen) atoms. The number of hydrogen-bond acceptors (Lipinski definition) is 6. The van der Waals surface area contributed by atoms with Crippen LogP contribution in [0, 0.1) is 5.92 Å². The van der Waals surface area contributed by atoms with E-state index >= 15 is 0 Å². The predicted octanol–water partition coefficient (Wildman–Crippen LogP) is 4.08. The fourth-order valence-electron chi connectivity index (χ4n) is 4.43. The monoisotopic (exact) mass is 496 g/mol. The second-order valence-electron chi connectivity index (χ2n) is 9.56. The predicted molar refractivity (Wildman–Crippen MR) is 137 cm³/mol. The standard InChI is InChI=1S/C26H32N4O4S/c1-35(14-15-35)13-12-33-19-30-11-9-22-23(27-18-28-25(22)30)24(31)21-8-5-10-29(16-21)26(32)34-17-20-6-3-2-4-7-20/h2-4,6-7,9,11,18,21H,5,8,10,12-17,19H2,1H3. The summed E-state index contributed by atoms with van der Waals surface area (Å²) in [5.41, 5.74) is 2.04. The Hall–Kier alpha value is -2.91. The zero-order valence-corrected chi connectivity index (χ0v) is 20.9. The van der Waals surface area contributed by atoms with Gasteiger partial charge in [-0.05, 0) is 42.2 Å². The lowest BCUT2D eigenvalue weighted by Gasteiger charge is -2.31. The number of Topliss-reactive ketones (excluding diaryl/α,β-unsaturated/α-hetero) is 1. The molecule has 8 nitrogen and oxygen atoms in total. The molecule has 0 radical (unpaired) electrons. The van der Waals surface area contributed by atoms with Gasteiger partial charge in [0.2, 0.25) is 0 Å². The van der Waals surface area contributed by atoms with Crippen LogP contribution in [-0.4, -0.2) is 74.5 Å². The lowest BCUT2D eigenvalue weighted by atomic mass is 9.91. The minimum Gasteiger partial charge on any atom is -0.445 e. The van der Waals surface area contributed by atoms with Crippen LogP contribution in [0.15, 0.2) is 48.9 Å². The van der Waals surface area contributed by atoms with E-state index in [-0.39, 0.29) is 34.4 Å². The van der Waals surface area contributed by atoms with E-state index in [9.17, 15) is 9.59 Å². The summed E-state index contributed by atoms with van der Waals surface area (Å²) in [5.74, 6) is 3.52. The first-order chi connectivity index (χ1) is 17.0. The van der Waals surface area contributed by atoms with Gasteiger partial charge < -0.3 is 18.9 Å². The van der Waals surface area contributed by atoms with Gasteiger partial charge in [0.1, 0.15) is 31.0 Å². The van der Waals surface area contributed by atoms with Crippen LogP contribution in [0.2, 0.25) is 0 Å². The maximum Gasteiger partial charge on any atom is 0.410 e. The van der Waals surface area contributed by atoms with Gasteiger partial charge in [-0.15, -0.1) is 0 Å². The fourth-order valence-corrected chi connectivity index (χ4v) is 6.50. The number of aromatic nitrogens is 3. The normalized spacial score (nSPS) is 19.9. The molecule has 5 rings (SSSR count). The number of piperidine rings is 1. The third kappa shape index (κ3) is 5.67. The third-order valence-electron chi connectivity index (χ3n) is 6.90. The summed E-state index contributed by atoms with van der Waals surface area (Å²) in [7, 11) is -0.358. The van der Waals surface area contributed by atoms with Gasteiger partial charge in [0.15, 0.2) is 5.78 Å². The first-order valence-electron chi connectivity index (χ1n) is 12.1. The van der Waals surface area contributed by atoms with E-state index < -0.39 is 0 Å². The highest BCUT2D eigenvalue weighted by Gasteiger charge is 2.32. The van der Waals surface area contributed by atoms with Gasteiger partial charge in [-0.2, -0.15) is 0 Å². The van der Waals surface area contributed by atoms with Crippen LogP contribution >= 0.6 is 10.0 Å². The molecule has 0 N–H and O–H groups in total. The maximum atomic E-state index is 13.4. The van der Waals surface area contributed by atoms with E-state index in [4.69, 9.17) is 9.47 Å². The Morgan fingerprint density at radius 2 is 1.97 bits per heavy atom. The van der Waals surface area contributed by atoms with E-state index in [0.717, 1.165) is 36.2 Å². The lowest BCUT2D eigenvalue weighted by molar-refractivity contribution is 0.0685. The zero-order valence-electron chi connectivity index (χ0n) is 20.1. The van der Waals surface area contributed by atoms with Crippen molar-refractivity contribution < 1.29 is 19.1 Å². The molecule has 186 valence electrons. The minimum absolute atomic E-state index is 0.0538. The fraction of sp³-hybridized carbons (Fsp3) is 0.462. The number of rotatable bonds is 9. The molecule has 1 aromatic carbocycles. The highest BCUT2D eigenvalue weighted by molar-refractivity contribution is 8.38. The van der Waals surface area contributed by atoms with Crippen molar-refractivity contribution >= 4 is 32.9 Å². The molecule has 4 heterocycles. The van der Waals surface area contributed by atoms with Crippen LogP contribution in [0.25, 0.3) is 11.0 Å². The molecule has 2 aliphatic heterocycles. The molecule has 0 aliphatic carbocycles. The van der Waals surface area contributed by atoms with E-state index in [0.29, 0.717) is 31.2 Å². The van der Waals surface area contributed by atoms with Crippen LogP contribution in [0.4, 0.5) is 4.79 Å². The number of fused-ring (bicyclic) bond motifs is 1. The van der Waals surface area contributed by atoms with Crippen molar-refractivity contribution in [2.75, 3.05) is 43.2 Å². The molecule has 9 heteroatoms. The summed E-state index contributed by atoms with van der Waals surface area (Å²) in [4.78, 5) is 36.4. The average Bonchev–Trinajstić information content (AvgIpc) is 3.49. The Morgan fingerprint density at radius 1 is 1.14 bits per heavy atom. The van der Waals surface area contributed by atoms with Crippen LogP contribution < -0.4 is 0 Å². The molecule has 0 spiro atoms. The van der Waals surface area contributed by atoms with Crippen molar-refractivity contribution in [1.29, 1.82) is 0 Å². The smallest absolute Gasteiger partial charge is 0.410 e. The van der Waals surface area contributed by atoms with Crippen LogP contribution in [0.3, 0.4) is 0 Å². The number of ether oxygens (including phenoxy) is 2. The number of nitrogens with zero attached hydrogens (tertiary/aromatic N) is 4. The van der Waals surface area contributed by atoms with Gasteiger partial charge in [-0.25, -0.2) is 24.8 Å². The molecular weight excluding hydrogens is 464 g/mol. The molecule has 0 bridgehead atoms. The zero-order chi connectivity index (χ0) is 24.3. The van der Waals surface area contributed by atoms with E-state index in [1.54, 1.807) is 4.90 Å². The van der Waals surface area contributed by atoms with Crippen LogP contribution in [0.1, 0.15) is 28.9 Å². The van der Waals surface area contributed by atoms with Gasteiger partial charge >= 0.3 is 6.09 Å². The average molecular weight is 497 g/mol. The summed E-state index contributed by atoms with van der Waals surface area (Å²) in [5, 5.41) is 0.727. The van der Waals surface area contributed by atoms with Crippen molar-refractivity contribution in [3.05, 3.63) is 60.2 Å². The topological polar surface area (TPSA) is 86.5 Å². The number of ketones is 1. The molecule has 3 aromatic rings. The van der Waals surface area contributed by atoms with E-state index in [2.05, 4.69) is 16.2 Å². The Labute approximate surface area is 206 Å². The van der Waals surface area contributed by atoms with Crippen LogP contribution in [0.5, 0.6) is 0 Å². The van der Waals surface area contributed by atoms with Gasteiger partial charge in [0, 0.05) is 36.3 Å². The number of carbonyl (C=O) groups excluding carboxylic acids is 2. The molecule has 0 saturated carbocycles. The molecule has 2 fully saturated rings. The summed E-state index contributed by atoms with van der Waals surface area (Å²) in [6, 6.07) is 11.5. The Morgan fingerprint density at radius 3 is 2.77 bits per heavy atom. The highest BCUT2D eigenvalue weighted by atomic mass is 32.3. The quantitative estimate of drug-likeness (QED) is 0.252. The van der Waals surface area contributed by atoms with Gasteiger partial charge in [-0.1, -0.05) is 30.3 Å². The summed E-state index contributed by atoms with van der Waals surface area (Å²) in [6.45, 7) is 2.31. The van der Waals surface area contributed by atoms with Gasteiger partial charge in [0.25, 0.3) is 0 Å². The van der Waals surface area contributed by atoms with Crippen molar-refractivity contribution in [3.8, 4) is 0 Å². The SMILES string of the molecule is CS1(CCOCn2ccc3c(C(=O)C4CCCN(C(=O)OCc5ccccc5)C4)ncnc32)CC1. The molecule has 2 saturated heterocycles. The third-order valence-corrected chi connectivity index (χ3v) is 9.85. The molecule has 1 atom stereocenters. The maximum absolute atomic E-state index is 13.4. The number of amides is 1. The number of carbonyl (C=O) groups is 2. The van der Waals surface area contributed by atoms with Crippen molar-refractivity contribution in [1.82, 2.24) is 19.4 Å². The van der Waals surface area contributed by atoms with Crippen molar-refractivity contribution in [2.24, 2.45) is 5.92 Å². The first kappa shape index (κ1) is 23.8.